The number of nitrogens with zero attached hydrogens (tertiary/aromatic N) is 2. The van der Waals surface area contributed by atoms with E-state index in [0.29, 0.717) is 44.4 Å². The van der Waals surface area contributed by atoms with Gasteiger partial charge in [0, 0.05) is 46.3 Å². The number of benzene rings is 3. The average Bonchev–Trinajstić information content (AvgIpc) is 3.41. The standard InChI is InChI=1S/C31H28ClN3O6/c1-40-25-11-6-10-20(30(25)41-2)24-17-23(34-35(24)26(36)12-7-13-27(37)38)29-28(18-8-4-3-5-9-18)21-16-19(32)14-15-22(21)33-31(29)39/h3-6,8-11,14-16,24H,7,12-13,17H2,1-2H3,(H,33,39)(H,37,38). The van der Waals surface area contributed by atoms with Crippen molar-refractivity contribution in [3.8, 4) is 22.6 Å². The molecule has 0 saturated heterocycles. The molecule has 9 nitrogen and oxygen atoms in total. The number of rotatable bonds is 9. The quantitative estimate of drug-likeness (QED) is 0.261. The molecule has 1 atom stereocenters. The van der Waals surface area contributed by atoms with E-state index in [4.69, 9.17) is 31.3 Å². The zero-order valence-electron chi connectivity index (χ0n) is 22.5. The van der Waals surface area contributed by atoms with Crippen molar-refractivity contribution in [2.75, 3.05) is 14.2 Å². The molecule has 3 aromatic carbocycles. The first-order valence-corrected chi connectivity index (χ1v) is 13.4. The third kappa shape index (κ3) is 5.53. The van der Waals surface area contributed by atoms with Crippen LogP contribution >= 0.6 is 11.6 Å². The number of aromatic nitrogens is 1. The van der Waals surface area contributed by atoms with Crippen LogP contribution in [0.25, 0.3) is 22.0 Å². The van der Waals surface area contributed by atoms with Crippen LogP contribution in [0.4, 0.5) is 0 Å². The number of aliphatic carboxylic acids is 1. The van der Waals surface area contributed by atoms with Crippen LogP contribution in [0, 0.1) is 0 Å². The van der Waals surface area contributed by atoms with Gasteiger partial charge in [0.25, 0.3) is 5.56 Å². The number of carboxylic acid groups (broad SMARTS) is 1. The molecule has 0 fully saturated rings. The lowest BCUT2D eigenvalue weighted by molar-refractivity contribution is -0.137. The zero-order valence-corrected chi connectivity index (χ0v) is 23.3. The number of methoxy groups -OCH3 is 2. The van der Waals surface area contributed by atoms with Crippen LogP contribution in [-0.4, -0.2) is 46.9 Å². The van der Waals surface area contributed by atoms with Crippen molar-refractivity contribution in [2.24, 2.45) is 5.10 Å². The highest BCUT2D eigenvalue weighted by Gasteiger charge is 2.37. The molecule has 1 amide bonds. The van der Waals surface area contributed by atoms with Gasteiger partial charge in [-0.2, -0.15) is 5.10 Å². The van der Waals surface area contributed by atoms with Gasteiger partial charge in [-0.15, -0.1) is 0 Å². The third-order valence-electron chi connectivity index (χ3n) is 7.07. The Labute approximate surface area is 241 Å². The van der Waals surface area contributed by atoms with Gasteiger partial charge in [0.1, 0.15) is 0 Å². The van der Waals surface area contributed by atoms with Crippen LogP contribution in [0.2, 0.25) is 5.02 Å². The first-order chi connectivity index (χ1) is 19.8. The molecule has 1 aliphatic heterocycles. The van der Waals surface area contributed by atoms with Crippen LogP contribution in [0.15, 0.2) is 76.6 Å². The van der Waals surface area contributed by atoms with Crippen LogP contribution in [0.3, 0.4) is 0 Å². The average molecular weight is 574 g/mol. The summed E-state index contributed by atoms with van der Waals surface area (Å²) in [6.07, 6.45) is 0.193. The molecule has 5 rings (SSSR count). The van der Waals surface area contributed by atoms with E-state index in [1.165, 1.54) is 19.2 Å². The minimum atomic E-state index is -0.983. The Kier molecular flexibility index (Phi) is 8.07. The first kappa shape index (κ1) is 27.9. The lowest BCUT2D eigenvalue weighted by Crippen LogP contribution is -2.27. The summed E-state index contributed by atoms with van der Waals surface area (Å²) in [5, 5.41) is 16.4. The van der Waals surface area contributed by atoms with Crippen molar-refractivity contribution >= 4 is 40.1 Å². The molecule has 4 aromatic rings. The van der Waals surface area contributed by atoms with Crippen molar-refractivity contribution in [2.45, 2.75) is 31.7 Å². The zero-order chi connectivity index (χ0) is 29.1. The topological polar surface area (TPSA) is 121 Å². The minimum absolute atomic E-state index is 0.0267. The van der Waals surface area contributed by atoms with Gasteiger partial charge in [0.2, 0.25) is 5.91 Å². The van der Waals surface area contributed by atoms with Crippen LogP contribution in [0.5, 0.6) is 11.5 Å². The molecule has 0 saturated carbocycles. The van der Waals surface area contributed by atoms with Crippen LogP contribution in [0.1, 0.15) is 42.9 Å². The molecular formula is C31H28ClN3O6. The van der Waals surface area contributed by atoms with Gasteiger partial charge in [0.15, 0.2) is 11.5 Å². The molecule has 2 heterocycles. The summed E-state index contributed by atoms with van der Waals surface area (Å²) in [6.45, 7) is 0. The number of carboxylic acids is 1. The molecule has 0 spiro atoms. The fraction of sp³-hybridized carbons (Fsp3) is 0.226. The second-order valence-electron chi connectivity index (χ2n) is 9.60. The van der Waals surface area contributed by atoms with Crippen LogP contribution < -0.4 is 15.0 Å². The Hall–Kier alpha value is -4.63. The van der Waals surface area contributed by atoms with Crippen molar-refractivity contribution < 1.29 is 24.2 Å². The Morgan fingerprint density at radius 1 is 1.02 bits per heavy atom. The normalized spacial score (nSPS) is 14.7. The Morgan fingerprint density at radius 2 is 1.80 bits per heavy atom. The van der Waals surface area contributed by atoms with Crippen molar-refractivity contribution in [3.05, 3.63) is 93.2 Å². The van der Waals surface area contributed by atoms with E-state index >= 15 is 0 Å². The second kappa shape index (κ2) is 11.9. The number of nitrogens with one attached hydrogen (secondary N) is 1. The second-order valence-corrected chi connectivity index (χ2v) is 10.0. The van der Waals surface area contributed by atoms with Gasteiger partial charge in [-0.3, -0.25) is 14.4 Å². The number of para-hydroxylation sites is 1. The number of ether oxygens (including phenoxy) is 2. The summed E-state index contributed by atoms with van der Waals surface area (Å²) < 4.78 is 11.2. The summed E-state index contributed by atoms with van der Waals surface area (Å²) in [4.78, 5) is 41.2. The van der Waals surface area contributed by atoms with E-state index in [-0.39, 0.29) is 37.1 Å². The van der Waals surface area contributed by atoms with Gasteiger partial charge in [-0.1, -0.05) is 54.1 Å². The van der Waals surface area contributed by atoms with E-state index in [9.17, 15) is 14.4 Å². The predicted octanol–water partition coefficient (Wildman–Crippen LogP) is 5.80. The Morgan fingerprint density at radius 3 is 2.51 bits per heavy atom. The highest BCUT2D eigenvalue weighted by Crippen LogP contribution is 2.43. The van der Waals surface area contributed by atoms with Gasteiger partial charge in [-0.25, -0.2) is 5.01 Å². The van der Waals surface area contributed by atoms with Gasteiger partial charge < -0.3 is 19.6 Å². The molecule has 2 N–H and O–H groups in total. The number of amides is 1. The molecule has 1 aliphatic rings. The Bertz CT molecular complexity index is 1720. The van der Waals surface area contributed by atoms with Crippen molar-refractivity contribution in [3.63, 3.8) is 0 Å². The molecule has 0 bridgehead atoms. The summed E-state index contributed by atoms with van der Waals surface area (Å²) in [5.74, 6) is -0.414. The molecule has 0 radical (unpaired) electrons. The number of fused-ring (bicyclic) bond motifs is 1. The monoisotopic (exact) mass is 573 g/mol. The fourth-order valence-corrected chi connectivity index (χ4v) is 5.43. The summed E-state index contributed by atoms with van der Waals surface area (Å²) in [5.41, 5.74) is 3.11. The largest absolute Gasteiger partial charge is 0.493 e. The van der Waals surface area contributed by atoms with Gasteiger partial charge >= 0.3 is 5.97 Å². The summed E-state index contributed by atoms with van der Waals surface area (Å²) in [6, 6.07) is 19.5. The SMILES string of the molecule is COc1cccc(C2CC(c3c(-c4ccccc4)c4cc(Cl)ccc4[nH]c3=O)=NN2C(=O)CCCC(=O)O)c1OC. The van der Waals surface area contributed by atoms with E-state index in [1.54, 1.807) is 30.3 Å². The maximum absolute atomic E-state index is 13.7. The van der Waals surface area contributed by atoms with Gasteiger partial charge in [-0.05, 0) is 36.2 Å². The maximum atomic E-state index is 13.7. The van der Waals surface area contributed by atoms with Gasteiger partial charge in [0.05, 0.1) is 31.5 Å². The molecule has 1 aromatic heterocycles. The van der Waals surface area contributed by atoms with Crippen LogP contribution in [-0.2, 0) is 9.59 Å². The molecule has 41 heavy (non-hydrogen) atoms. The molecule has 1 unspecified atom stereocenters. The predicted molar refractivity (Wildman–Crippen MR) is 157 cm³/mol. The number of hydrogen-bond acceptors (Lipinski definition) is 6. The number of hydrazone groups is 1. The lowest BCUT2D eigenvalue weighted by atomic mass is 9.90. The van der Waals surface area contributed by atoms with Crippen molar-refractivity contribution in [1.29, 1.82) is 0 Å². The number of carbonyl (C=O) groups is 2. The Balaban J connectivity index is 1.69. The fourth-order valence-electron chi connectivity index (χ4n) is 5.26. The van der Waals surface area contributed by atoms with Crippen molar-refractivity contribution in [1.82, 2.24) is 9.99 Å². The smallest absolute Gasteiger partial charge is 0.303 e. The maximum Gasteiger partial charge on any atom is 0.303 e. The molecular weight excluding hydrogens is 546 g/mol. The van der Waals surface area contributed by atoms with E-state index < -0.39 is 12.0 Å². The first-order valence-electron chi connectivity index (χ1n) is 13.1. The molecule has 0 aliphatic carbocycles. The van der Waals surface area contributed by atoms with E-state index in [0.717, 1.165) is 10.9 Å². The van der Waals surface area contributed by atoms with E-state index in [2.05, 4.69) is 4.98 Å². The number of aromatic amines is 1. The number of halogens is 1. The minimum Gasteiger partial charge on any atom is -0.493 e. The highest BCUT2D eigenvalue weighted by atomic mass is 35.5. The lowest BCUT2D eigenvalue weighted by Gasteiger charge is -2.24. The number of H-pyrrole nitrogens is 1. The summed E-state index contributed by atoms with van der Waals surface area (Å²) >= 11 is 6.39. The number of carbonyl (C=O) groups excluding carboxylic acids is 1. The highest BCUT2D eigenvalue weighted by molar-refractivity contribution is 6.31. The number of hydrogen-bond donors (Lipinski definition) is 2. The van der Waals surface area contributed by atoms with E-state index in [1.807, 2.05) is 36.4 Å². The summed E-state index contributed by atoms with van der Waals surface area (Å²) in [7, 11) is 3.04. The number of pyridine rings is 1. The molecule has 10 heteroatoms. The third-order valence-corrected chi connectivity index (χ3v) is 7.30. The molecule has 210 valence electrons.